The Kier molecular flexibility index (Phi) is 5.45. The second kappa shape index (κ2) is 7.91. The number of fused-ring (bicyclic) bond motifs is 1. The third-order valence-electron chi connectivity index (χ3n) is 5.68. The molecule has 3 aromatic rings. The highest BCUT2D eigenvalue weighted by molar-refractivity contribution is 8.01. The third-order valence-corrected chi connectivity index (χ3v) is 6.89. The zero-order valence-electron chi connectivity index (χ0n) is 17.5. The number of aryl methyl sites for hydroxylation is 1. The van der Waals surface area contributed by atoms with E-state index in [1.807, 2.05) is 27.0 Å². The highest BCUT2D eigenvalue weighted by atomic mass is 32.2. The van der Waals surface area contributed by atoms with Gasteiger partial charge in [0.15, 0.2) is 5.16 Å². The summed E-state index contributed by atoms with van der Waals surface area (Å²) in [5.74, 6) is -0.382. The van der Waals surface area contributed by atoms with Crippen LogP contribution in [0.1, 0.15) is 56.7 Å². The van der Waals surface area contributed by atoms with E-state index in [4.69, 9.17) is 5.11 Å². The summed E-state index contributed by atoms with van der Waals surface area (Å²) in [6.07, 6.45) is 4.20. The number of carboxylic acids is 1. The zero-order valence-corrected chi connectivity index (χ0v) is 18.3. The second-order valence-electron chi connectivity index (χ2n) is 8.44. The zero-order chi connectivity index (χ0) is 21.5. The van der Waals surface area contributed by atoms with Crippen LogP contribution in [0.5, 0.6) is 0 Å². The first-order chi connectivity index (χ1) is 14.3. The molecule has 6 heteroatoms. The number of rotatable bonds is 8. The van der Waals surface area contributed by atoms with Gasteiger partial charge in [-0.1, -0.05) is 42.1 Å². The Morgan fingerprint density at radius 1 is 1.13 bits per heavy atom. The van der Waals surface area contributed by atoms with Gasteiger partial charge < -0.3 is 5.11 Å². The predicted octanol–water partition coefficient (Wildman–Crippen LogP) is 5.52. The van der Waals surface area contributed by atoms with Crippen molar-refractivity contribution in [1.82, 2.24) is 9.55 Å². The molecule has 30 heavy (non-hydrogen) atoms. The largest absolute Gasteiger partial charge is 0.481 e. The van der Waals surface area contributed by atoms with E-state index in [0.29, 0.717) is 5.92 Å². The lowest BCUT2D eigenvalue weighted by Crippen LogP contribution is -2.28. The van der Waals surface area contributed by atoms with Crippen LogP contribution in [0.4, 0.5) is 0 Å². The van der Waals surface area contributed by atoms with Crippen LogP contribution in [-0.4, -0.2) is 31.2 Å². The average molecular weight is 423 g/mol. The van der Waals surface area contributed by atoms with Gasteiger partial charge >= 0.3 is 5.97 Å². The number of benzene rings is 2. The van der Waals surface area contributed by atoms with Crippen molar-refractivity contribution in [1.29, 1.82) is 0 Å². The van der Waals surface area contributed by atoms with Crippen LogP contribution in [0.25, 0.3) is 16.5 Å². The molecular weight excluding hydrogens is 396 g/mol. The maximum atomic E-state index is 12.6. The molecule has 0 unspecified atom stereocenters. The summed E-state index contributed by atoms with van der Waals surface area (Å²) in [6.45, 7) is 5.69. The van der Waals surface area contributed by atoms with Crippen molar-refractivity contribution in [3.63, 3.8) is 0 Å². The minimum atomic E-state index is -0.955. The van der Waals surface area contributed by atoms with Gasteiger partial charge in [-0.3, -0.25) is 14.2 Å². The highest BCUT2D eigenvalue weighted by Gasteiger charge is 2.32. The quantitative estimate of drug-likeness (QED) is 0.484. The molecular formula is C24H26N2O3S. The molecule has 1 N–H and O–H groups in total. The topological polar surface area (TPSA) is 72.2 Å². The molecule has 0 radical (unpaired) electrons. The maximum Gasteiger partial charge on any atom is 0.303 e. The van der Waals surface area contributed by atoms with Crippen LogP contribution in [-0.2, 0) is 9.59 Å². The normalized spacial score (nSPS) is 14.2. The molecule has 1 aliphatic carbocycles. The Morgan fingerprint density at radius 3 is 2.50 bits per heavy atom. The molecule has 0 spiro atoms. The van der Waals surface area contributed by atoms with Crippen molar-refractivity contribution < 1.29 is 14.7 Å². The molecule has 1 saturated carbocycles. The van der Waals surface area contributed by atoms with E-state index in [1.165, 1.54) is 40.9 Å². The molecule has 1 fully saturated rings. The van der Waals surface area contributed by atoms with Crippen molar-refractivity contribution in [2.24, 2.45) is 0 Å². The molecule has 4 rings (SSSR count). The number of aromatic nitrogens is 2. The number of hydrogen-bond donors (Lipinski definition) is 1. The van der Waals surface area contributed by atoms with E-state index in [1.54, 1.807) is 0 Å². The minimum absolute atomic E-state index is 0.0219. The molecule has 2 aromatic carbocycles. The lowest BCUT2D eigenvalue weighted by atomic mass is 9.99. The Morgan fingerprint density at radius 2 is 1.83 bits per heavy atom. The third kappa shape index (κ3) is 4.01. The van der Waals surface area contributed by atoms with Gasteiger partial charge in [0.2, 0.25) is 0 Å². The molecule has 0 atom stereocenters. The first-order valence-electron chi connectivity index (χ1n) is 10.3. The number of aliphatic carboxylic acids is 1. The van der Waals surface area contributed by atoms with Crippen LogP contribution >= 0.6 is 11.8 Å². The highest BCUT2D eigenvalue weighted by Crippen LogP contribution is 2.44. The molecule has 0 bridgehead atoms. The van der Waals surface area contributed by atoms with Crippen molar-refractivity contribution in [2.45, 2.75) is 62.3 Å². The summed E-state index contributed by atoms with van der Waals surface area (Å²) in [4.78, 5) is 28.1. The Hall–Kier alpha value is -2.60. The van der Waals surface area contributed by atoms with Gasteiger partial charge in [-0.25, -0.2) is 4.98 Å². The van der Waals surface area contributed by atoms with E-state index < -0.39 is 10.7 Å². The number of thioether (sulfide) groups is 1. The maximum absolute atomic E-state index is 12.6. The fourth-order valence-electron chi connectivity index (χ4n) is 3.84. The molecule has 1 heterocycles. The number of Topliss-reactive ketones (excluding diaryl/α,β-unsaturated/α-hetero) is 1. The Balaban J connectivity index is 1.72. The van der Waals surface area contributed by atoms with Crippen molar-refractivity contribution in [3.05, 3.63) is 53.9 Å². The second-order valence-corrected chi connectivity index (χ2v) is 10.0. The summed E-state index contributed by atoms with van der Waals surface area (Å²) in [6, 6.07) is 12.9. The molecule has 156 valence electrons. The van der Waals surface area contributed by atoms with Crippen LogP contribution in [0, 0.1) is 6.92 Å². The van der Waals surface area contributed by atoms with E-state index in [9.17, 15) is 9.59 Å². The Bertz CT molecular complexity index is 1130. The van der Waals surface area contributed by atoms with Gasteiger partial charge in [-0.15, -0.1) is 0 Å². The van der Waals surface area contributed by atoms with E-state index in [0.717, 1.165) is 16.5 Å². The number of carbonyl (C=O) groups is 2. The van der Waals surface area contributed by atoms with E-state index in [2.05, 4.69) is 45.9 Å². The van der Waals surface area contributed by atoms with Gasteiger partial charge in [0.25, 0.3) is 0 Å². The van der Waals surface area contributed by atoms with Gasteiger partial charge in [0.1, 0.15) is 5.78 Å². The lowest BCUT2D eigenvalue weighted by molar-refractivity contribution is -0.138. The molecule has 1 aliphatic rings. The number of carboxylic acid groups (broad SMARTS) is 1. The first-order valence-corrected chi connectivity index (χ1v) is 11.1. The van der Waals surface area contributed by atoms with Gasteiger partial charge in [-0.2, -0.15) is 0 Å². The smallest absolute Gasteiger partial charge is 0.303 e. The first kappa shape index (κ1) is 20.7. The van der Waals surface area contributed by atoms with Crippen LogP contribution in [0.3, 0.4) is 0 Å². The van der Waals surface area contributed by atoms with Crippen LogP contribution in [0.2, 0.25) is 0 Å². The summed E-state index contributed by atoms with van der Waals surface area (Å²) in [5.41, 5.74) is 3.46. The van der Waals surface area contributed by atoms with E-state index >= 15 is 0 Å². The summed E-state index contributed by atoms with van der Waals surface area (Å²) in [5, 5.41) is 12.1. The van der Waals surface area contributed by atoms with E-state index in [-0.39, 0.29) is 18.6 Å². The van der Waals surface area contributed by atoms with Gasteiger partial charge in [0, 0.05) is 23.7 Å². The average Bonchev–Trinajstić information content (AvgIpc) is 3.49. The number of carbonyl (C=O) groups excluding carboxylic acids is 1. The number of ketones is 1. The van der Waals surface area contributed by atoms with Crippen molar-refractivity contribution >= 4 is 34.3 Å². The minimum Gasteiger partial charge on any atom is -0.481 e. The molecule has 0 amide bonds. The Labute approximate surface area is 180 Å². The summed E-state index contributed by atoms with van der Waals surface area (Å²) < 4.78 is 1.34. The molecule has 1 aromatic heterocycles. The molecule has 5 nitrogen and oxygen atoms in total. The van der Waals surface area contributed by atoms with Crippen molar-refractivity contribution in [3.8, 4) is 5.69 Å². The summed E-state index contributed by atoms with van der Waals surface area (Å²) in [7, 11) is 0. The van der Waals surface area contributed by atoms with Crippen molar-refractivity contribution in [2.75, 3.05) is 0 Å². The molecule has 0 aliphatic heterocycles. The fraction of sp³-hybridized carbons (Fsp3) is 0.375. The monoisotopic (exact) mass is 422 g/mol. The van der Waals surface area contributed by atoms with Gasteiger partial charge in [0.05, 0.1) is 16.9 Å². The van der Waals surface area contributed by atoms with Gasteiger partial charge in [-0.05, 0) is 56.5 Å². The fourth-order valence-corrected chi connectivity index (χ4v) is 4.95. The summed E-state index contributed by atoms with van der Waals surface area (Å²) >= 11 is 1.39. The number of nitrogens with zero attached hydrogens (tertiary/aromatic N) is 2. The lowest BCUT2D eigenvalue weighted by Gasteiger charge is -2.23. The van der Waals surface area contributed by atoms with Crippen LogP contribution in [0.15, 0.2) is 47.8 Å². The SMILES string of the molecule is Cc1cnc(SC(C)(C)C(=O)CCC(=O)O)n1-c1ccc(C2CC2)c2ccccc12. The predicted molar refractivity (Wildman–Crippen MR) is 120 cm³/mol. The van der Waals surface area contributed by atoms with Crippen LogP contribution < -0.4 is 0 Å². The number of hydrogen-bond acceptors (Lipinski definition) is 4. The number of imidazole rings is 1. The standard InChI is InChI=1S/C24H26N2O3S/c1-15-14-25-23(30-24(2,3)21(27)12-13-22(28)29)26(15)20-11-10-17(16-8-9-16)18-6-4-5-7-19(18)20/h4-7,10-11,14,16H,8-9,12-13H2,1-3H3,(H,28,29). The molecule has 0 saturated heterocycles.